The number of carbonyl (C=O) groups excluding carboxylic acids is 1. The van der Waals surface area contributed by atoms with Gasteiger partial charge in [0.05, 0.1) is 13.7 Å². The van der Waals surface area contributed by atoms with Crippen molar-refractivity contribution in [3.05, 3.63) is 35.2 Å². The summed E-state index contributed by atoms with van der Waals surface area (Å²) in [5.41, 5.74) is 0.762. The first kappa shape index (κ1) is 11.3. The third kappa shape index (κ3) is 2.16. The Balaban J connectivity index is 3.27. The van der Waals surface area contributed by atoms with E-state index in [1.54, 1.807) is 18.2 Å². The molecule has 1 rings (SSSR count). The molecule has 0 unspecified atom stereocenters. The Morgan fingerprint density at radius 3 is 2.60 bits per heavy atom. The first-order chi connectivity index (χ1) is 7.05. The summed E-state index contributed by atoms with van der Waals surface area (Å²) >= 11 is 0. The molecule has 1 aromatic carbocycles. The predicted octanol–water partition coefficient (Wildman–Crippen LogP) is 2.72. The molecule has 0 saturated heterocycles. The summed E-state index contributed by atoms with van der Waals surface area (Å²) in [5, 5.41) is 0. The van der Waals surface area contributed by atoms with Crippen molar-refractivity contribution in [3.8, 4) is 5.75 Å². The number of hydrogen-bond donors (Lipinski definition) is 0. The summed E-state index contributed by atoms with van der Waals surface area (Å²) in [6, 6.07) is 5.19. The predicted molar refractivity (Wildman–Crippen MR) is 58.3 cm³/mol. The number of aldehydes is 1. The average Bonchev–Trinajstić information content (AvgIpc) is 2.28. The van der Waals surface area contributed by atoms with Gasteiger partial charge in [0, 0.05) is 5.41 Å². The van der Waals surface area contributed by atoms with Gasteiger partial charge in [0.2, 0.25) is 5.69 Å². The highest BCUT2D eigenvalue weighted by atomic mass is 16.5. The minimum atomic E-state index is -0.548. The van der Waals surface area contributed by atoms with Gasteiger partial charge in [0.25, 0.3) is 0 Å². The zero-order chi connectivity index (χ0) is 11.5. The Labute approximate surface area is 89.5 Å². The highest BCUT2D eigenvalue weighted by Crippen LogP contribution is 2.32. The maximum Gasteiger partial charge on any atom is 0.228 e. The summed E-state index contributed by atoms with van der Waals surface area (Å²) in [6.45, 7) is 10.6. The lowest BCUT2D eigenvalue weighted by molar-refractivity contribution is -0.111. The fraction of sp³-hybridized carbons (Fsp3) is 0.333. The van der Waals surface area contributed by atoms with E-state index in [4.69, 9.17) is 11.3 Å². The molecule has 0 saturated carbocycles. The average molecular weight is 203 g/mol. The molecule has 0 fully saturated rings. The topological polar surface area (TPSA) is 30.7 Å². The van der Waals surface area contributed by atoms with Crippen LogP contribution in [0.5, 0.6) is 5.75 Å². The van der Waals surface area contributed by atoms with Crippen LogP contribution >= 0.6 is 0 Å². The fourth-order valence-electron chi connectivity index (χ4n) is 1.24. The Morgan fingerprint density at radius 1 is 1.47 bits per heavy atom. The molecule has 78 valence electrons. The zero-order valence-corrected chi connectivity index (χ0v) is 9.07. The van der Waals surface area contributed by atoms with Crippen molar-refractivity contribution in [3.63, 3.8) is 0 Å². The Bertz CT molecular complexity index is 416. The van der Waals surface area contributed by atoms with Gasteiger partial charge >= 0.3 is 0 Å². The van der Waals surface area contributed by atoms with Gasteiger partial charge in [0.1, 0.15) is 12.0 Å². The van der Waals surface area contributed by atoms with Crippen molar-refractivity contribution in [2.75, 3.05) is 7.11 Å². The third-order valence-corrected chi connectivity index (χ3v) is 2.34. The second-order valence-corrected chi connectivity index (χ2v) is 3.84. The molecule has 3 nitrogen and oxygen atoms in total. The molecule has 0 aliphatic carbocycles. The van der Waals surface area contributed by atoms with Crippen LogP contribution in [-0.4, -0.2) is 13.4 Å². The van der Waals surface area contributed by atoms with Gasteiger partial charge in [-0.1, -0.05) is 12.1 Å². The van der Waals surface area contributed by atoms with E-state index >= 15 is 0 Å². The minimum absolute atomic E-state index is 0.461. The third-order valence-electron chi connectivity index (χ3n) is 2.34. The number of carbonyl (C=O) groups is 1. The number of ether oxygens (including phenoxy) is 1. The number of hydrogen-bond acceptors (Lipinski definition) is 2. The molecule has 0 bridgehead atoms. The van der Waals surface area contributed by atoms with Crippen LogP contribution < -0.4 is 4.74 Å². The van der Waals surface area contributed by atoms with Crippen LogP contribution in [-0.2, 0) is 10.2 Å². The van der Waals surface area contributed by atoms with Crippen LogP contribution in [0, 0.1) is 6.57 Å². The standard InChI is InChI=1S/C12H13NO2/c1-12(2,8-14)9-5-6-10(13-3)11(7-9)15-4/h5-8H,1-2,4H3. The highest BCUT2D eigenvalue weighted by Gasteiger charge is 2.20. The van der Waals surface area contributed by atoms with E-state index in [9.17, 15) is 4.79 Å². The van der Waals surface area contributed by atoms with Gasteiger partial charge in [-0.05, 0) is 25.5 Å². The zero-order valence-electron chi connectivity index (χ0n) is 9.07. The molecule has 0 heterocycles. The number of benzene rings is 1. The van der Waals surface area contributed by atoms with Crippen LogP contribution in [0.4, 0.5) is 5.69 Å². The molecule has 1 aromatic rings. The summed E-state index contributed by atoms with van der Waals surface area (Å²) in [5.74, 6) is 0.512. The van der Waals surface area contributed by atoms with E-state index < -0.39 is 5.41 Å². The monoisotopic (exact) mass is 203 g/mol. The second kappa shape index (κ2) is 4.14. The van der Waals surface area contributed by atoms with Crippen molar-refractivity contribution in [2.45, 2.75) is 19.3 Å². The molecule has 3 heteroatoms. The van der Waals surface area contributed by atoms with E-state index in [0.29, 0.717) is 11.4 Å². The van der Waals surface area contributed by atoms with Crippen LogP contribution in [0.2, 0.25) is 0 Å². The largest absolute Gasteiger partial charge is 0.508 e. The molecule has 0 N–H and O–H groups in total. The Hall–Kier alpha value is -1.82. The van der Waals surface area contributed by atoms with Gasteiger partial charge in [-0.15, -0.1) is 0 Å². The molecule has 0 aliphatic rings. The molecular formula is C12H13NO2. The SMILES string of the molecule is [C-]#[N+]c1ccc(C(C)(C)C=O)cc1OC. The fourth-order valence-corrected chi connectivity index (χ4v) is 1.24. The van der Waals surface area contributed by atoms with Crippen LogP contribution in [0.15, 0.2) is 18.2 Å². The maximum atomic E-state index is 10.9. The van der Waals surface area contributed by atoms with Gasteiger partial charge in [-0.25, -0.2) is 4.85 Å². The second-order valence-electron chi connectivity index (χ2n) is 3.84. The summed E-state index contributed by atoms with van der Waals surface area (Å²) in [4.78, 5) is 14.2. The lowest BCUT2D eigenvalue weighted by Crippen LogP contribution is -2.18. The normalized spacial score (nSPS) is 10.5. The number of rotatable bonds is 3. The minimum Gasteiger partial charge on any atom is -0.508 e. The van der Waals surface area contributed by atoms with Crippen molar-refractivity contribution in [1.82, 2.24) is 0 Å². The lowest BCUT2D eigenvalue weighted by atomic mass is 9.86. The van der Waals surface area contributed by atoms with Crippen LogP contribution in [0.25, 0.3) is 4.85 Å². The first-order valence-corrected chi connectivity index (χ1v) is 4.57. The Morgan fingerprint density at radius 2 is 2.13 bits per heavy atom. The number of methoxy groups -OCH3 is 1. The van der Waals surface area contributed by atoms with Crippen molar-refractivity contribution in [1.29, 1.82) is 0 Å². The summed E-state index contributed by atoms with van der Waals surface area (Å²) < 4.78 is 5.09. The van der Waals surface area contributed by atoms with Crippen LogP contribution in [0.1, 0.15) is 19.4 Å². The van der Waals surface area contributed by atoms with Gasteiger partial charge in [0.15, 0.2) is 0 Å². The van der Waals surface area contributed by atoms with Gasteiger partial charge in [-0.3, -0.25) is 0 Å². The molecule has 0 amide bonds. The molecule has 0 atom stereocenters. The molecule has 0 aromatic heterocycles. The van der Waals surface area contributed by atoms with E-state index in [1.807, 2.05) is 13.8 Å². The highest BCUT2D eigenvalue weighted by molar-refractivity contribution is 5.69. The van der Waals surface area contributed by atoms with E-state index in [2.05, 4.69) is 4.85 Å². The first-order valence-electron chi connectivity index (χ1n) is 4.57. The molecular weight excluding hydrogens is 190 g/mol. The van der Waals surface area contributed by atoms with E-state index in [-0.39, 0.29) is 0 Å². The molecule has 0 radical (unpaired) electrons. The maximum absolute atomic E-state index is 10.9. The van der Waals surface area contributed by atoms with Crippen molar-refractivity contribution in [2.24, 2.45) is 0 Å². The quantitative estimate of drug-likeness (QED) is 0.558. The molecule has 0 spiro atoms. The summed E-state index contributed by atoms with van der Waals surface area (Å²) in [6.07, 6.45) is 0.888. The van der Waals surface area contributed by atoms with Gasteiger partial charge in [-0.2, -0.15) is 0 Å². The Kier molecular flexibility index (Phi) is 3.11. The molecule has 15 heavy (non-hydrogen) atoms. The number of nitrogens with zero attached hydrogens (tertiary/aromatic N) is 1. The van der Waals surface area contributed by atoms with Crippen molar-refractivity contribution < 1.29 is 9.53 Å². The van der Waals surface area contributed by atoms with E-state index in [0.717, 1.165) is 11.8 Å². The molecule has 0 aliphatic heterocycles. The van der Waals surface area contributed by atoms with Crippen molar-refractivity contribution >= 4 is 12.0 Å². The summed E-state index contributed by atoms with van der Waals surface area (Å²) in [7, 11) is 1.52. The van der Waals surface area contributed by atoms with Crippen LogP contribution in [0.3, 0.4) is 0 Å². The lowest BCUT2D eigenvalue weighted by Gasteiger charge is -2.18. The van der Waals surface area contributed by atoms with E-state index in [1.165, 1.54) is 7.11 Å². The van der Waals surface area contributed by atoms with Gasteiger partial charge < -0.3 is 9.53 Å². The smallest absolute Gasteiger partial charge is 0.228 e.